The van der Waals surface area contributed by atoms with Crippen molar-refractivity contribution in [2.24, 2.45) is 0 Å². The SMILES string of the molecule is COc1cc(N2CCc3sccc3C2)c(N)cc1F. The van der Waals surface area contributed by atoms with Gasteiger partial charge in [0, 0.05) is 30.1 Å². The van der Waals surface area contributed by atoms with Gasteiger partial charge in [0.05, 0.1) is 18.5 Å². The fourth-order valence-electron chi connectivity index (χ4n) is 2.44. The molecule has 2 heterocycles. The third-order valence-electron chi connectivity index (χ3n) is 3.45. The minimum absolute atomic E-state index is 0.236. The molecule has 3 rings (SSSR count). The highest BCUT2D eigenvalue weighted by Crippen LogP contribution is 2.34. The normalized spacial score (nSPS) is 14.3. The lowest BCUT2D eigenvalue weighted by Crippen LogP contribution is -2.30. The van der Waals surface area contributed by atoms with Gasteiger partial charge < -0.3 is 15.4 Å². The van der Waals surface area contributed by atoms with Crippen molar-refractivity contribution in [1.82, 2.24) is 0 Å². The number of thiophene rings is 1. The maximum absolute atomic E-state index is 13.6. The average molecular weight is 278 g/mol. The average Bonchev–Trinajstić information content (AvgIpc) is 2.86. The summed E-state index contributed by atoms with van der Waals surface area (Å²) in [6.45, 7) is 1.71. The van der Waals surface area contributed by atoms with E-state index in [1.54, 1.807) is 17.4 Å². The minimum Gasteiger partial charge on any atom is -0.494 e. The van der Waals surface area contributed by atoms with Gasteiger partial charge in [0.1, 0.15) is 0 Å². The Kier molecular flexibility index (Phi) is 3.06. The third-order valence-corrected chi connectivity index (χ3v) is 4.47. The van der Waals surface area contributed by atoms with Crippen molar-refractivity contribution in [2.45, 2.75) is 13.0 Å². The number of benzene rings is 1. The predicted molar refractivity (Wildman–Crippen MR) is 76.4 cm³/mol. The summed E-state index contributed by atoms with van der Waals surface area (Å²) in [5, 5.41) is 2.11. The molecule has 1 aliphatic heterocycles. The van der Waals surface area contributed by atoms with Crippen LogP contribution in [0, 0.1) is 5.82 Å². The Morgan fingerprint density at radius 3 is 3.05 bits per heavy atom. The molecule has 0 unspecified atom stereocenters. The topological polar surface area (TPSA) is 38.5 Å². The Hall–Kier alpha value is -1.75. The molecule has 19 heavy (non-hydrogen) atoms. The van der Waals surface area contributed by atoms with Crippen molar-refractivity contribution in [3.8, 4) is 5.75 Å². The molecule has 3 nitrogen and oxygen atoms in total. The number of methoxy groups -OCH3 is 1. The molecule has 2 N–H and O–H groups in total. The summed E-state index contributed by atoms with van der Waals surface area (Å²) in [6, 6.07) is 5.16. The van der Waals surface area contributed by atoms with Crippen LogP contribution in [-0.2, 0) is 13.0 Å². The van der Waals surface area contributed by atoms with Gasteiger partial charge in [-0.3, -0.25) is 0 Å². The van der Waals surface area contributed by atoms with Gasteiger partial charge in [-0.05, 0) is 23.4 Å². The van der Waals surface area contributed by atoms with Crippen molar-refractivity contribution < 1.29 is 9.13 Å². The van der Waals surface area contributed by atoms with Gasteiger partial charge in [0.2, 0.25) is 0 Å². The van der Waals surface area contributed by atoms with Crippen LogP contribution in [0.25, 0.3) is 0 Å². The Labute approximate surface area is 115 Å². The second-order valence-corrected chi connectivity index (χ2v) is 5.59. The second-order valence-electron chi connectivity index (χ2n) is 4.59. The maximum atomic E-state index is 13.6. The molecular weight excluding hydrogens is 263 g/mol. The first-order valence-electron chi connectivity index (χ1n) is 6.12. The van der Waals surface area contributed by atoms with E-state index in [0.29, 0.717) is 5.69 Å². The van der Waals surface area contributed by atoms with E-state index in [1.165, 1.54) is 23.6 Å². The highest BCUT2D eigenvalue weighted by molar-refractivity contribution is 7.10. The number of rotatable bonds is 2. The molecule has 0 aliphatic carbocycles. The molecule has 1 aromatic heterocycles. The van der Waals surface area contributed by atoms with Gasteiger partial charge in [0.25, 0.3) is 0 Å². The molecule has 0 saturated heterocycles. The van der Waals surface area contributed by atoms with E-state index in [2.05, 4.69) is 16.3 Å². The molecule has 0 fully saturated rings. The summed E-state index contributed by atoms with van der Waals surface area (Å²) >= 11 is 1.79. The molecule has 2 aromatic rings. The molecule has 0 amide bonds. The van der Waals surface area contributed by atoms with E-state index in [9.17, 15) is 4.39 Å². The number of nitrogens with zero attached hydrogens (tertiary/aromatic N) is 1. The van der Waals surface area contributed by atoms with Gasteiger partial charge in [-0.15, -0.1) is 11.3 Å². The quantitative estimate of drug-likeness (QED) is 0.858. The van der Waals surface area contributed by atoms with Crippen molar-refractivity contribution in [2.75, 3.05) is 24.3 Å². The summed E-state index contributed by atoms with van der Waals surface area (Å²) in [6.07, 6.45) is 1.01. The van der Waals surface area contributed by atoms with Gasteiger partial charge in [0.15, 0.2) is 11.6 Å². The van der Waals surface area contributed by atoms with E-state index < -0.39 is 5.82 Å². The van der Waals surface area contributed by atoms with Crippen molar-refractivity contribution in [3.05, 3.63) is 39.8 Å². The number of nitrogens with two attached hydrogens (primary N) is 1. The lowest BCUT2D eigenvalue weighted by Gasteiger charge is -2.30. The summed E-state index contributed by atoms with van der Waals surface area (Å²) in [7, 11) is 1.46. The molecule has 100 valence electrons. The monoisotopic (exact) mass is 278 g/mol. The van der Waals surface area contributed by atoms with Gasteiger partial charge in [-0.25, -0.2) is 4.39 Å². The smallest absolute Gasteiger partial charge is 0.167 e. The Morgan fingerprint density at radius 2 is 2.26 bits per heavy atom. The summed E-state index contributed by atoms with van der Waals surface area (Å²) < 4.78 is 18.6. The number of ether oxygens (including phenoxy) is 1. The van der Waals surface area contributed by atoms with Crippen LogP contribution in [-0.4, -0.2) is 13.7 Å². The molecule has 5 heteroatoms. The molecule has 1 aromatic carbocycles. The number of anilines is 2. The van der Waals surface area contributed by atoms with E-state index >= 15 is 0 Å². The van der Waals surface area contributed by atoms with E-state index in [-0.39, 0.29) is 5.75 Å². The lowest BCUT2D eigenvalue weighted by atomic mass is 10.1. The fraction of sp³-hybridized carbons (Fsp3) is 0.286. The van der Waals surface area contributed by atoms with Crippen LogP contribution in [0.1, 0.15) is 10.4 Å². The second kappa shape index (κ2) is 4.74. The summed E-state index contributed by atoms with van der Waals surface area (Å²) in [5.74, 6) is -0.183. The van der Waals surface area contributed by atoms with Crippen LogP contribution < -0.4 is 15.4 Å². The zero-order valence-corrected chi connectivity index (χ0v) is 11.5. The van der Waals surface area contributed by atoms with Gasteiger partial charge >= 0.3 is 0 Å². The number of hydrogen-bond acceptors (Lipinski definition) is 4. The first-order valence-corrected chi connectivity index (χ1v) is 7.00. The van der Waals surface area contributed by atoms with E-state index in [4.69, 9.17) is 10.5 Å². The molecule has 0 radical (unpaired) electrons. The molecule has 0 spiro atoms. The standard InChI is InChI=1S/C14H15FN2OS/c1-18-13-7-12(11(16)6-10(13)15)17-4-2-14-9(8-17)3-5-19-14/h3,5-7H,2,4,8,16H2,1H3. The predicted octanol–water partition coefficient (Wildman–Crippen LogP) is 3.04. The number of hydrogen-bond donors (Lipinski definition) is 1. The lowest BCUT2D eigenvalue weighted by molar-refractivity contribution is 0.386. The van der Waals surface area contributed by atoms with E-state index in [1.807, 2.05) is 0 Å². The van der Waals surface area contributed by atoms with Crippen LogP contribution >= 0.6 is 11.3 Å². The van der Waals surface area contributed by atoms with Gasteiger partial charge in [-0.2, -0.15) is 0 Å². The van der Waals surface area contributed by atoms with Crippen LogP contribution in [0.5, 0.6) is 5.75 Å². The first-order chi connectivity index (χ1) is 9.19. The Morgan fingerprint density at radius 1 is 1.42 bits per heavy atom. The highest BCUT2D eigenvalue weighted by Gasteiger charge is 2.20. The molecular formula is C14H15FN2OS. The maximum Gasteiger partial charge on any atom is 0.167 e. The number of nitrogen functional groups attached to an aromatic ring is 1. The van der Waals surface area contributed by atoms with Crippen LogP contribution in [0.4, 0.5) is 15.8 Å². The number of fused-ring (bicyclic) bond motifs is 1. The third kappa shape index (κ3) is 2.14. The fourth-order valence-corrected chi connectivity index (χ4v) is 3.33. The summed E-state index contributed by atoms with van der Waals surface area (Å²) in [4.78, 5) is 3.61. The van der Waals surface area contributed by atoms with Gasteiger partial charge in [-0.1, -0.05) is 0 Å². The first kappa shape index (κ1) is 12.3. The highest BCUT2D eigenvalue weighted by atomic mass is 32.1. The van der Waals surface area contributed by atoms with Crippen LogP contribution in [0.15, 0.2) is 23.6 Å². The zero-order valence-electron chi connectivity index (χ0n) is 10.6. The largest absolute Gasteiger partial charge is 0.494 e. The minimum atomic E-state index is -0.419. The van der Waals surface area contributed by atoms with Crippen LogP contribution in [0.2, 0.25) is 0 Å². The van der Waals surface area contributed by atoms with Crippen molar-refractivity contribution in [1.29, 1.82) is 0 Å². The zero-order chi connectivity index (χ0) is 13.4. The molecule has 0 atom stereocenters. The van der Waals surface area contributed by atoms with Crippen molar-refractivity contribution in [3.63, 3.8) is 0 Å². The molecule has 0 saturated carbocycles. The summed E-state index contributed by atoms with van der Waals surface area (Å²) in [5.41, 5.74) is 8.57. The Bertz CT molecular complexity index is 611. The van der Waals surface area contributed by atoms with E-state index in [0.717, 1.165) is 25.2 Å². The molecule has 0 bridgehead atoms. The van der Waals surface area contributed by atoms with Crippen LogP contribution in [0.3, 0.4) is 0 Å². The van der Waals surface area contributed by atoms with Crippen molar-refractivity contribution >= 4 is 22.7 Å². The number of halogens is 1. The molecule has 1 aliphatic rings. The Balaban J connectivity index is 1.95.